The molecule has 0 fully saturated rings. The van der Waals surface area contributed by atoms with Crippen molar-refractivity contribution < 1.29 is 9.66 Å². The minimum absolute atomic E-state index is 0.0676. The largest absolute Gasteiger partial charge is 0.482 e. The molecule has 2 rings (SSSR count). The van der Waals surface area contributed by atoms with Crippen LogP contribution in [0, 0.1) is 17.0 Å². The lowest BCUT2D eigenvalue weighted by Crippen LogP contribution is -2.03. The van der Waals surface area contributed by atoms with E-state index in [0.717, 1.165) is 0 Å². The molecule has 21 heavy (non-hydrogen) atoms. The molecule has 0 atom stereocenters. The quantitative estimate of drug-likeness (QED) is 0.439. The highest BCUT2D eigenvalue weighted by atomic mass is 79.9. The molecule has 0 spiro atoms. The predicted octanol–water partition coefficient (Wildman–Crippen LogP) is 4.34. The Morgan fingerprint density at radius 1 is 1.33 bits per heavy atom. The van der Waals surface area contributed by atoms with Crippen LogP contribution in [-0.2, 0) is 6.61 Å². The van der Waals surface area contributed by atoms with Crippen LogP contribution in [0.25, 0.3) is 0 Å². The van der Waals surface area contributed by atoms with Crippen LogP contribution in [0.3, 0.4) is 0 Å². The molecule has 0 radical (unpaired) electrons. The summed E-state index contributed by atoms with van der Waals surface area (Å²) in [7, 11) is 0. The fourth-order valence-electron chi connectivity index (χ4n) is 1.67. The first-order chi connectivity index (χ1) is 9.90. The van der Waals surface area contributed by atoms with Crippen molar-refractivity contribution in [1.29, 1.82) is 0 Å². The van der Waals surface area contributed by atoms with Crippen LogP contribution in [0.15, 0.2) is 22.9 Å². The monoisotopic (exact) mass is 391 g/mol. The van der Waals surface area contributed by atoms with Gasteiger partial charge in [0.25, 0.3) is 0 Å². The standard InChI is InChI=1S/C12H8BrCl2N3O3/c1-6-2-7(13)3-9(18(19)20)10(6)21-4-8-11(14)16-5-17-12(8)15/h2-3,5H,4H2,1H3. The summed E-state index contributed by atoms with van der Waals surface area (Å²) in [5, 5.41) is 11.4. The number of hydrogen-bond donors (Lipinski definition) is 0. The van der Waals surface area contributed by atoms with Gasteiger partial charge in [0.1, 0.15) is 23.2 Å². The minimum atomic E-state index is -0.516. The molecule has 1 aromatic carbocycles. The van der Waals surface area contributed by atoms with E-state index in [1.165, 1.54) is 12.4 Å². The summed E-state index contributed by atoms with van der Waals surface area (Å²) in [6.07, 6.45) is 1.22. The molecule has 0 N–H and O–H groups in total. The number of aromatic nitrogens is 2. The molecule has 0 amide bonds. The second-order valence-corrected chi connectivity index (χ2v) is 5.68. The van der Waals surface area contributed by atoms with Gasteiger partial charge in [-0.3, -0.25) is 10.1 Å². The molecule has 1 heterocycles. The molecule has 9 heteroatoms. The number of benzene rings is 1. The van der Waals surface area contributed by atoms with Gasteiger partial charge >= 0.3 is 5.69 Å². The van der Waals surface area contributed by atoms with Gasteiger partial charge in [0.2, 0.25) is 0 Å². The maximum absolute atomic E-state index is 11.1. The van der Waals surface area contributed by atoms with Crippen LogP contribution < -0.4 is 4.74 Å². The number of rotatable bonds is 4. The van der Waals surface area contributed by atoms with Gasteiger partial charge in [-0.15, -0.1) is 0 Å². The lowest BCUT2D eigenvalue weighted by Gasteiger charge is -2.11. The molecule has 0 saturated carbocycles. The number of nitrogens with zero attached hydrogens (tertiary/aromatic N) is 3. The second-order valence-electron chi connectivity index (χ2n) is 4.05. The van der Waals surface area contributed by atoms with Gasteiger partial charge < -0.3 is 4.74 Å². The van der Waals surface area contributed by atoms with E-state index in [2.05, 4.69) is 25.9 Å². The number of nitro benzene ring substituents is 1. The molecule has 0 aliphatic heterocycles. The first kappa shape index (κ1) is 15.9. The van der Waals surface area contributed by atoms with Gasteiger partial charge in [0.05, 0.1) is 10.5 Å². The van der Waals surface area contributed by atoms with Gasteiger partial charge in [0, 0.05) is 10.5 Å². The Bertz CT molecular complexity index is 692. The summed E-state index contributed by atoms with van der Waals surface area (Å²) in [6.45, 7) is 1.64. The fourth-order valence-corrected chi connectivity index (χ4v) is 2.65. The van der Waals surface area contributed by atoms with E-state index < -0.39 is 4.92 Å². The van der Waals surface area contributed by atoms with E-state index in [9.17, 15) is 10.1 Å². The lowest BCUT2D eigenvalue weighted by atomic mass is 10.2. The SMILES string of the molecule is Cc1cc(Br)cc([N+](=O)[O-])c1OCc1c(Cl)ncnc1Cl. The summed E-state index contributed by atoms with van der Waals surface area (Å²) in [6, 6.07) is 3.08. The third kappa shape index (κ3) is 3.61. The molecule has 0 unspecified atom stereocenters. The number of halogens is 3. The predicted molar refractivity (Wildman–Crippen MR) is 81.9 cm³/mol. The van der Waals surface area contributed by atoms with Crippen molar-refractivity contribution in [3.05, 3.63) is 54.5 Å². The minimum Gasteiger partial charge on any atom is -0.482 e. The first-order valence-electron chi connectivity index (χ1n) is 5.62. The van der Waals surface area contributed by atoms with Crippen molar-refractivity contribution in [2.24, 2.45) is 0 Å². The van der Waals surface area contributed by atoms with Gasteiger partial charge in [-0.1, -0.05) is 39.1 Å². The van der Waals surface area contributed by atoms with Crippen LogP contribution in [0.1, 0.15) is 11.1 Å². The van der Waals surface area contributed by atoms with Crippen molar-refractivity contribution >= 4 is 44.8 Å². The Kier molecular flexibility index (Phi) is 4.97. The van der Waals surface area contributed by atoms with Crippen molar-refractivity contribution in [2.45, 2.75) is 13.5 Å². The zero-order valence-electron chi connectivity index (χ0n) is 10.6. The Hall–Kier alpha value is -1.44. The highest BCUT2D eigenvalue weighted by Crippen LogP contribution is 2.35. The summed E-state index contributed by atoms with van der Waals surface area (Å²) >= 11 is 15.0. The van der Waals surface area contributed by atoms with Crippen molar-refractivity contribution in [3.63, 3.8) is 0 Å². The number of nitro groups is 1. The van der Waals surface area contributed by atoms with E-state index in [1.807, 2.05) is 0 Å². The topological polar surface area (TPSA) is 78.2 Å². The summed E-state index contributed by atoms with van der Waals surface area (Å²) in [4.78, 5) is 18.2. The molecule has 2 aromatic rings. The molecule has 0 aliphatic rings. The van der Waals surface area contributed by atoms with Crippen LogP contribution in [0.5, 0.6) is 5.75 Å². The van der Waals surface area contributed by atoms with Gasteiger partial charge in [-0.2, -0.15) is 0 Å². The molecule has 0 bridgehead atoms. The van der Waals surface area contributed by atoms with E-state index in [-0.39, 0.29) is 28.3 Å². The highest BCUT2D eigenvalue weighted by Gasteiger charge is 2.20. The van der Waals surface area contributed by atoms with E-state index in [1.54, 1.807) is 13.0 Å². The zero-order valence-corrected chi connectivity index (χ0v) is 13.7. The highest BCUT2D eigenvalue weighted by molar-refractivity contribution is 9.10. The number of hydrogen-bond acceptors (Lipinski definition) is 5. The maximum atomic E-state index is 11.1. The molecule has 6 nitrogen and oxygen atoms in total. The van der Waals surface area contributed by atoms with E-state index in [0.29, 0.717) is 15.6 Å². The smallest absolute Gasteiger partial charge is 0.312 e. The third-order valence-corrected chi connectivity index (χ3v) is 3.73. The first-order valence-corrected chi connectivity index (χ1v) is 7.17. The van der Waals surface area contributed by atoms with E-state index in [4.69, 9.17) is 27.9 Å². The molecule has 0 aliphatic carbocycles. The Morgan fingerprint density at radius 3 is 2.52 bits per heavy atom. The van der Waals surface area contributed by atoms with Crippen LogP contribution in [0.4, 0.5) is 5.69 Å². The normalized spacial score (nSPS) is 10.5. The van der Waals surface area contributed by atoms with E-state index >= 15 is 0 Å². The Morgan fingerprint density at radius 2 is 1.95 bits per heavy atom. The summed E-state index contributed by atoms with van der Waals surface area (Å²) in [5.74, 6) is 0.152. The van der Waals surface area contributed by atoms with Crippen LogP contribution >= 0.6 is 39.1 Å². The van der Waals surface area contributed by atoms with Crippen LogP contribution in [-0.4, -0.2) is 14.9 Å². The molecule has 0 saturated heterocycles. The molecular weight excluding hydrogens is 385 g/mol. The average Bonchev–Trinajstić information content (AvgIpc) is 2.39. The summed E-state index contributed by atoms with van der Waals surface area (Å²) < 4.78 is 6.12. The van der Waals surface area contributed by atoms with Crippen molar-refractivity contribution in [1.82, 2.24) is 9.97 Å². The lowest BCUT2D eigenvalue weighted by molar-refractivity contribution is -0.386. The third-order valence-electron chi connectivity index (χ3n) is 2.62. The second kappa shape index (κ2) is 6.55. The Balaban J connectivity index is 2.34. The summed E-state index contributed by atoms with van der Waals surface area (Å²) in [5.41, 5.74) is 0.837. The molecule has 110 valence electrons. The number of aryl methyl sites for hydroxylation is 1. The number of ether oxygens (including phenoxy) is 1. The van der Waals surface area contributed by atoms with Crippen molar-refractivity contribution in [3.8, 4) is 5.75 Å². The Labute approximate surface area is 138 Å². The zero-order chi connectivity index (χ0) is 15.6. The van der Waals surface area contributed by atoms with Gasteiger partial charge in [0.15, 0.2) is 5.75 Å². The molecule has 1 aromatic heterocycles. The average molecular weight is 393 g/mol. The van der Waals surface area contributed by atoms with Gasteiger partial charge in [-0.25, -0.2) is 9.97 Å². The fraction of sp³-hybridized carbons (Fsp3) is 0.167. The van der Waals surface area contributed by atoms with Crippen molar-refractivity contribution in [2.75, 3.05) is 0 Å². The maximum Gasteiger partial charge on any atom is 0.312 e. The van der Waals surface area contributed by atoms with Crippen LogP contribution in [0.2, 0.25) is 10.3 Å². The molecular formula is C12H8BrCl2N3O3. The van der Waals surface area contributed by atoms with Gasteiger partial charge in [-0.05, 0) is 18.6 Å².